The van der Waals surface area contributed by atoms with Gasteiger partial charge in [0.15, 0.2) is 0 Å². The highest BCUT2D eigenvalue weighted by Gasteiger charge is 2.25. The lowest BCUT2D eigenvalue weighted by molar-refractivity contribution is -0.384. The third kappa shape index (κ3) is 3.26. The Morgan fingerprint density at radius 3 is 2.60 bits per heavy atom. The third-order valence-corrected chi connectivity index (χ3v) is 3.84. The summed E-state index contributed by atoms with van der Waals surface area (Å²) in [4.78, 5) is 22.3. The Balaban J connectivity index is 2.07. The van der Waals surface area contributed by atoms with E-state index in [0.717, 1.165) is 25.7 Å². The fourth-order valence-corrected chi connectivity index (χ4v) is 2.49. The number of phenolic OH excluding ortho intramolecular Hbond substituents is 1. The molecule has 0 saturated heterocycles. The van der Waals surface area contributed by atoms with E-state index < -0.39 is 4.92 Å². The van der Waals surface area contributed by atoms with Gasteiger partial charge in [-0.3, -0.25) is 14.9 Å². The number of nitro groups is 1. The van der Waals surface area contributed by atoms with E-state index in [-0.39, 0.29) is 28.9 Å². The second-order valence-corrected chi connectivity index (χ2v) is 5.40. The van der Waals surface area contributed by atoms with Crippen molar-refractivity contribution in [3.05, 3.63) is 28.3 Å². The molecule has 1 saturated carbocycles. The van der Waals surface area contributed by atoms with Crippen molar-refractivity contribution in [1.82, 2.24) is 0 Å². The first kappa shape index (κ1) is 14.3. The standard InChI is InChI=1S/C14H18N2O4/c1-9-2-4-10(5-3-9)14(18)15-12-8-11(16(19)20)6-7-13(12)17/h6-10,17H,2-5H2,1H3,(H,15,18). The maximum absolute atomic E-state index is 12.1. The highest BCUT2D eigenvalue weighted by atomic mass is 16.6. The number of amides is 1. The summed E-state index contributed by atoms with van der Waals surface area (Å²) in [5.74, 6) is 0.232. The van der Waals surface area contributed by atoms with Gasteiger partial charge in [0.2, 0.25) is 5.91 Å². The maximum Gasteiger partial charge on any atom is 0.271 e. The Bertz CT molecular complexity index is 522. The molecule has 6 nitrogen and oxygen atoms in total. The zero-order valence-corrected chi connectivity index (χ0v) is 11.3. The van der Waals surface area contributed by atoms with Gasteiger partial charge in [-0.15, -0.1) is 0 Å². The molecule has 108 valence electrons. The summed E-state index contributed by atoms with van der Waals surface area (Å²) < 4.78 is 0. The van der Waals surface area contributed by atoms with Crippen molar-refractivity contribution in [2.45, 2.75) is 32.6 Å². The smallest absolute Gasteiger partial charge is 0.271 e. The molecule has 1 amide bonds. The number of rotatable bonds is 3. The van der Waals surface area contributed by atoms with Crippen LogP contribution in [0.5, 0.6) is 5.75 Å². The molecular weight excluding hydrogens is 260 g/mol. The zero-order valence-electron chi connectivity index (χ0n) is 11.3. The number of aromatic hydroxyl groups is 1. The number of anilines is 1. The van der Waals surface area contributed by atoms with Crippen LogP contribution in [0.4, 0.5) is 11.4 Å². The Labute approximate surface area is 117 Å². The number of nitro benzene ring substituents is 1. The molecule has 0 spiro atoms. The molecule has 0 radical (unpaired) electrons. The summed E-state index contributed by atoms with van der Waals surface area (Å²) in [6.45, 7) is 2.17. The summed E-state index contributed by atoms with van der Waals surface area (Å²) in [6.07, 6.45) is 3.67. The van der Waals surface area contributed by atoms with Gasteiger partial charge in [-0.2, -0.15) is 0 Å². The number of carbonyl (C=O) groups is 1. The first-order chi connectivity index (χ1) is 9.47. The largest absolute Gasteiger partial charge is 0.506 e. The van der Waals surface area contributed by atoms with Gasteiger partial charge >= 0.3 is 0 Å². The van der Waals surface area contributed by atoms with E-state index in [2.05, 4.69) is 12.2 Å². The molecule has 0 atom stereocenters. The Hall–Kier alpha value is -2.11. The van der Waals surface area contributed by atoms with Gasteiger partial charge in [0.1, 0.15) is 5.75 Å². The molecule has 1 aromatic carbocycles. The van der Waals surface area contributed by atoms with Crippen LogP contribution in [0, 0.1) is 22.0 Å². The van der Waals surface area contributed by atoms with E-state index in [1.54, 1.807) is 0 Å². The summed E-state index contributed by atoms with van der Waals surface area (Å²) in [5, 5.41) is 23.0. The van der Waals surface area contributed by atoms with Crippen LogP contribution in [0.25, 0.3) is 0 Å². The monoisotopic (exact) mass is 278 g/mol. The molecule has 20 heavy (non-hydrogen) atoms. The molecule has 0 aliphatic heterocycles. The number of hydrogen-bond donors (Lipinski definition) is 2. The summed E-state index contributed by atoms with van der Waals surface area (Å²) in [6, 6.07) is 3.60. The molecular formula is C14H18N2O4. The molecule has 0 bridgehead atoms. The van der Waals surface area contributed by atoms with Crippen molar-refractivity contribution < 1.29 is 14.8 Å². The maximum atomic E-state index is 12.1. The van der Waals surface area contributed by atoms with Crippen LogP contribution in [0.3, 0.4) is 0 Å². The topological polar surface area (TPSA) is 92.5 Å². The van der Waals surface area contributed by atoms with Crippen LogP contribution in [-0.4, -0.2) is 15.9 Å². The molecule has 1 aliphatic carbocycles. The highest BCUT2D eigenvalue weighted by molar-refractivity contribution is 5.94. The van der Waals surface area contributed by atoms with Crippen LogP contribution in [0.2, 0.25) is 0 Å². The van der Waals surface area contributed by atoms with Crippen LogP contribution < -0.4 is 5.32 Å². The highest BCUT2D eigenvalue weighted by Crippen LogP contribution is 2.32. The average molecular weight is 278 g/mol. The molecule has 1 aliphatic rings. The van der Waals surface area contributed by atoms with E-state index in [0.29, 0.717) is 5.92 Å². The molecule has 2 N–H and O–H groups in total. The van der Waals surface area contributed by atoms with Crippen molar-refractivity contribution in [3.8, 4) is 5.75 Å². The van der Waals surface area contributed by atoms with Gasteiger partial charge in [-0.05, 0) is 37.7 Å². The fourth-order valence-electron chi connectivity index (χ4n) is 2.49. The minimum atomic E-state index is -0.558. The van der Waals surface area contributed by atoms with Crippen molar-refractivity contribution in [3.63, 3.8) is 0 Å². The first-order valence-corrected chi connectivity index (χ1v) is 6.75. The minimum Gasteiger partial charge on any atom is -0.506 e. The molecule has 0 unspecified atom stereocenters. The Kier molecular flexibility index (Phi) is 4.22. The number of nitrogens with one attached hydrogen (secondary N) is 1. The van der Waals surface area contributed by atoms with Gasteiger partial charge in [-0.1, -0.05) is 6.92 Å². The lowest BCUT2D eigenvalue weighted by atomic mass is 9.82. The molecule has 0 heterocycles. The van der Waals surface area contributed by atoms with Gasteiger partial charge in [0, 0.05) is 18.1 Å². The van der Waals surface area contributed by atoms with E-state index >= 15 is 0 Å². The summed E-state index contributed by atoms with van der Waals surface area (Å²) in [7, 11) is 0. The Morgan fingerprint density at radius 1 is 1.35 bits per heavy atom. The zero-order chi connectivity index (χ0) is 14.7. The number of carbonyl (C=O) groups excluding carboxylic acids is 1. The van der Waals surface area contributed by atoms with Crippen LogP contribution in [-0.2, 0) is 4.79 Å². The van der Waals surface area contributed by atoms with E-state index in [4.69, 9.17) is 0 Å². The van der Waals surface area contributed by atoms with Gasteiger partial charge in [-0.25, -0.2) is 0 Å². The van der Waals surface area contributed by atoms with Crippen LogP contribution in [0.1, 0.15) is 32.6 Å². The number of benzene rings is 1. The Morgan fingerprint density at radius 2 is 2.00 bits per heavy atom. The average Bonchev–Trinajstić information content (AvgIpc) is 2.41. The number of phenols is 1. The van der Waals surface area contributed by atoms with Crippen molar-refractivity contribution in [2.24, 2.45) is 11.8 Å². The fraction of sp³-hybridized carbons (Fsp3) is 0.500. The van der Waals surface area contributed by atoms with Gasteiger partial charge in [0.25, 0.3) is 5.69 Å². The number of hydrogen-bond acceptors (Lipinski definition) is 4. The molecule has 2 rings (SSSR count). The molecule has 0 aromatic heterocycles. The predicted molar refractivity (Wildman–Crippen MR) is 74.5 cm³/mol. The predicted octanol–water partition coefficient (Wildman–Crippen LogP) is 3.07. The first-order valence-electron chi connectivity index (χ1n) is 6.75. The van der Waals surface area contributed by atoms with Crippen molar-refractivity contribution in [1.29, 1.82) is 0 Å². The lowest BCUT2D eigenvalue weighted by Gasteiger charge is -2.25. The van der Waals surface area contributed by atoms with Crippen molar-refractivity contribution in [2.75, 3.05) is 5.32 Å². The third-order valence-electron chi connectivity index (χ3n) is 3.84. The lowest BCUT2D eigenvalue weighted by Crippen LogP contribution is -2.26. The van der Waals surface area contributed by atoms with E-state index in [1.807, 2.05) is 0 Å². The van der Waals surface area contributed by atoms with E-state index in [9.17, 15) is 20.0 Å². The number of nitrogens with zero attached hydrogens (tertiary/aromatic N) is 1. The normalized spacial score (nSPS) is 22.2. The quantitative estimate of drug-likeness (QED) is 0.505. The van der Waals surface area contributed by atoms with E-state index in [1.165, 1.54) is 18.2 Å². The molecule has 1 fully saturated rings. The number of non-ortho nitro benzene ring substituents is 1. The SMILES string of the molecule is CC1CCC(C(=O)Nc2cc([N+](=O)[O-])ccc2O)CC1. The second-order valence-electron chi connectivity index (χ2n) is 5.40. The van der Waals surface area contributed by atoms with Crippen LogP contribution >= 0.6 is 0 Å². The minimum absolute atomic E-state index is 0.0788. The molecule has 1 aromatic rings. The van der Waals surface area contributed by atoms with Gasteiger partial charge < -0.3 is 10.4 Å². The summed E-state index contributed by atoms with van der Waals surface area (Å²) in [5.41, 5.74) is -0.0572. The van der Waals surface area contributed by atoms with Crippen LogP contribution in [0.15, 0.2) is 18.2 Å². The van der Waals surface area contributed by atoms with Gasteiger partial charge in [0.05, 0.1) is 10.6 Å². The summed E-state index contributed by atoms with van der Waals surface area (Å²) >= 11 is 0. The second kappa shape index (κ2) is 5.90. The molecule has 6 heteroatoms. The van der Waals surface area contributed by atoms with Crippen molar-refractivity contribution >= 4 is 17.3 Å².